The molecule has 0 amide bonds. The van der Waals surface area contributed by atoms with Crippen LogP contribution in [0.15, 0.2) is 48.7 Å². The lowest BCUT2D eigenvalue weighted by molar-refractivity contribution is -0.0366. The summed E-state index contributed by atoms with van der Waals surface area (Å²) >= 11 is 12.4. The van der Waals surface area contributed by atoms with Gasteiger partial charge in [-0.05, 0) is 37.0 Å². The van der Waals surface area contributed by atoms with Crippen molar-refractivity contribution in [2.45, 2.75) is 38.0 Å². The summed E-state index contributed by atoms with van der Waals surface area (Å²) < 4.78 is 14.2. The number of fused-ring (bicyclic) bond motifs is 1. The third-order valence-electron chi connectivity index (χ3n) is 4.88. The lowest BCUT2D eigenvalue weighted by Crippen LogP contribution is -2.18. The van der Waals surface area contributed by atoms with Gasteiger partial charge in [0.2, 0.25) is 0 Å². The molecule has 2 heterocycles. The van der Waals surface area contributed by atoms with Gasteiger partial charge in [-0.3, -0.25) is 0 Å². The Labute approximate surface area is 169 Å². The summed E-state index contributed by atoms with van der Waals surface area (Å²) in [6.07, 6.45) is 5.55. The van der Waals surface area contributed by atoms with Crippen molar-refractivity contribution in [3.63, 3.8) is 0 Å². The molecule has 0 aliphatic carbocycles. The maximum atomic E-state index is 6.41. The smallest absolute Gasteiger partial charge is 0.150 e. The van der Waals surface area contributed by atoms with Gasteiger partial charge < -0.3 is 9.47 Å². The van der Waals surface area contributed by atoms with Gasteiger partial charge in [0.25, 0.3) is 0 Å². The van der Waals surface area contributed by atoms with Gasteiger partial charge in [-0.15, -0.1) is 11.6 Å². The molecule has 1 aromatic heterocycles. The molecule has 0 bridgehead atoms. The van der Waals surface area contributed by atoms with Gasteiger partial charge in [0, 0.05) is 23.9 Å². The van der Waals surface area contributed by atoms with Crippen LogP contribution in [0.1, 0.15) is 43.6 Å². The van der Waals surface area contributed by atoms with E-state index in [0.717, 1.165) is 48.1 Å². The molecule has 1 unspecified atom stereocenters. The van der Waals surface area contributed by atoms with E-state index in [1.54, 1.807) is 0 Å². The Balaban J connectivity index is 1.69. The summed E-state index contributed by atoms with van der Waals surface area (Å²) in [7, 11) is 0. The summed E-state index contributed by atoms with van der Waals surface area (Å²) in [5, 5.41) is 6.13. The molecule has 6 heteroatoms. The van der Waals surface area contributed by atoms with Crippen LogP contribution in [0.4, 0.5) is 0 Å². The third kappa shape index (κ3) is 4.08. The van der Waals surface area contributed by atoms with Gasteiger partial charge >= 0.3 is 0 Å². The zero-order valence-corrected chi connectivity index (χ0v) is 16.5. The average Bonchev–Trinajstić information content (AvgIpc) is 3.13. The fourth-order valence-electron chi connectivity index (χ4n) is 3.54. The van der Waals surface area contributed by atoms with E-state index in [1.165, 1.54) is 0 Å². The van der Waals surface area contributed by atoms with Crippen LogP contribution in [-0.4, -0.2) is 22.3 Å². The maximum absolute atomic E-state index is 6.41. The minimum Gasteiger partial charge on any atom is -0.485 e. The monoisotopic (exact) mass is 404 g/mol. The molecular formula is C21H22Cl2N2O2. The van der Waals surface area contributed by atoms with E-state index in [-0.39, 0.29) is 12.3 Å². The van der Waals surface area contributed by atoms with E-state index >= 15 is 0 Å². The second-order valence-corrected chi connectivity index (χ2v) is 7.56. The van der Waals surface area contributed by atoms with Crippen molar-refractivity contribution >= 4 is 34.1 Å². The van der Waals surface area contributed by atoms with Crippen molar-refractivity contribution in [3.05, 3.63) is 59.2 Å². The van der Waals surface area contributed by atoms with E-state index < -0.39 is 0 Å². The molecule has 0 N–H and O–H groups in total. The number of alkyl halides is 1. The minimum absolute atomic E-state index is 0.0460. The molecular weight excluding hydrogens is 383 g/mol. The van der Waals surface area contributed by atoms with E-state index in [9.17, 15) is 0 Å². The molecule has 2 atom stereocenters. The number of hydrogen-bond donors (Lipinski definition) is 0. The Bertz CT molecular complexity index is 892. The van der Waals surface area contributed by atoms with Crippen LogP contribution in [0.25, 0.3) is 10.9 Å². The standard InChI is InChI=1S/C21H22Cl2N2O2/c22-10-9-19(15-6-2-1-3-7-15)27-20-13-16(23)12-18-17(20)14-24-25(18)21-8-4-5-11-26-21/h1-3,6-7,12-14,19,21H,4-5,8-11H2/t19-,21?/m1/s1. The lowest BCUT2D eigenvalue weighted by Gasteiger charge is -2.24. The number of halogens is 2. The second kappa shape index (κ2) is 8.51. The normalized spacial score (nSPS) is 18.5. The van der Waals surface area contributed by atoms with Crippen molar-refractivity contribution < 1.29 is 9.47 Å². The van der Waals surface area contributed by atoms with Gasteiger partial charge in [0.05, 0.1) is 17.1 Å². The molecule has 142 valence electrons. The number of benzene rings is 2. The Hall–Kier alpha value is -1.75. The van der Waals surface area contributed by atoms with E-state index in [4.69, 9.17) is 32.7 Å². The van der Waals surface area contributed by atoms with Crippen molar-refractivity contribution in [2.24, 2.45) is 0 Å². The summed E-state index contributed by atoms with van der Waals surface area (Å²) in [5.41, 5.74) is 2.02. The van der Waals surface area contributed by atoms with E-state index in [2.05, 4.69) is 17.2 Å². The third-order valence-corrected chi connectivity index (χ3v) is 5.32. The fourth-order valence-corrected chi connectivity index (χ4v) is 3.94. The zero-order valence-electron chi connectivity index (χ0n) is 15.0. The highest BCUT2D eigenvalue weighted by atomic mass is 35.5. The Kier molecular flexibility index (Phi) is 5.86. The highest BCUT2D eigenvalue weighted by Crippen LogP contribution is 2.36. The summed E-state index contributed by atoms with van der Waals surface area (Å²) in [5.74, 6) is 1.23. The van der Waals surface area contributed by atoms with Crippen LogP contribution in [0, 0.1) is 0 Å². The number of hydrogen-bond acceptors (Lipinski definition) is 3. The quantitative estimate of drug-likeness (QED) is 0.463. The summed E-state index contributed by atoms with van der Waals surface area (Å²) in [6.45, 7) is 0.766. The topological polar surface area (TPSA) is 36.3 Å². The second-order valence-electron chi connectivity index (χ2n) is 6.74. The number of aromatic nitrogens is 2. The molecule has 1 saturated heterocycles. The molecule has 2 aromatic carbocycles. The minimum atomic E-state index is -0.139. The number of ether oxygens (including phenoxy) is 2. The molecule has 0 radical (unpaired) electrons. The van der Waals surface area contributed by atoms with Crippen LogP contribution in [0.5, 0.6) is 5.75 Å². The van der Waals surface area contributed by atoms with Gasteiger partial charge in [-0.2, -0.15) is 5.10 Å². The van der Waals surface area contributed by atoms with Gasteiger partial charge in [0.15, 0.2) is 6.23 Å². The van der Waals surface area contributed by atoms with Crippen LogP contribution in [-0.2, 0) is 4.74 Å². The first-order chi connectivity index (χ1) is 13.3. The Morgan fingerprint density at radius 2 is 2.07 bits per heavy atom. The summed E-state index contributed by atoms with van der Waals surface area (Å²) in [4.78, 5) is 0. The average molecular weight is 405 g/mol. The fraction of sp³-hybridized carbons (Fsp3) is 0.381. The largest absolute Gasteiger partial charge is 0.485 e. The van der Waals surface area contributed by atoms with Gasteiger partial charge in [0.1, 0.15) is 11.9 Å². The Morgan fingerprint density at radius 1 is 1.22 bits per heavy atom. The molecule has 3 aromatic rings. The molecule has 1 aliphatic heterocycles. The van der Waals surface area contributed by atoms with Crippen LogP contribution >= 0.6 is 23.2 Å². The predicted octanol–water partition coefficient (Wildman–Crippen LogP) is 6.14. The number of rotatable bonds is 6. The van der Waals surface area contributed by atoms with Crippen molar-refractivity contribution in [1.82, 2.24) is 9.78 Å². The van der Waals surface area contributed by atoms with Crippen molar-refractivity contribution in [3.8, 4) is 5.75 Å². The van der Waals surface area contributed by atoms with Crippen molar-refractivity contribution in [2.75, 3.05) is 12.5 Å². The predicted molar refractivity (Wildman–Crippen MR) is 109 cm³/mol. The SMILES string of the molecule is ClCC[C@@H](Oc1cc(Cl)cc2c1cnn2C1CCCCO1)c1ccccc1. The molecule has 27 heavy (non-hydrogen) atoms. The molecule has 4 rings (SSSR count). The van der Waals surface area contributed by atoms with Gasteiger partial charge in [-0.25, -0.2) is 4.68 Å². The highest BCUT2D eigenvalue weighted by molar-refractivity contribution is 6.31. The molecule has 4 nitrogen and oxygen atoms in total. The van der Waals surface area contributed by atoms with Gasteiger partial charge in [-0.1, -0.05) is 41.9 Å². The summed E-state index contributed by atoms with van der Waals surface area (Å²) in [6, 6.07) is 13.9. The first kappa shape index (κ1) is 18.6. The molecule has 1 fully saturated rings. The first-order valence-corrected chi connectivity index (χ1v) is 10.2. The van der Waals surface area contributed by atoms with Crippen molar-refractivity contribution in [1.29, 1.82) is 0 Å². The molecule has 1 aliphatic rings. The van der Waals surface area contributed by atoms with E-state index in [0.29, 0.717) is 17.3 Å². The Morgan fingerprint density at radius 3 is 2.81 bits per heavy atom. The lowest BCUT2D eigenvalue weighted by atomic mass is 10.1. The van der Waals surface area contributed by atoms with Crippen LogP contribution in [0.3, 0.4) is 0 Å². The van der Waals surface area contributed by atoms with E-state index in [1.807, 2.05) is 41.2 Å². The molecule has 0 saturated carbocycles. The van der Waals surface area contributed by atoms with Crippen LogP contribution < -0.4 is 4.74 Å². The maximum Gasteiger partial charge on any atom is 0.150 e. The highest BCUT2D eigenvalue weighted by Gasteiger charge is 2.21. The molecule has 0 spiro atoms. The zero-order chi connectivity index (χ0) is 18.6. The van der Waals surface area contributed by atoms with Crippen LogP contribution in [0.2, 0.25) is 5.02 Å². The first-order valence-electron chi connectivity index (χ1n) is 9.32. The number of nitrogens with zero attached hydrogens (tertiary/aromatic N) is 2.